The van der Waals surface area contributed by atoms with Crippen LogP contribution in [-0.4, -0.2) is 66.3 Å². The first-order valence-electron chi connectivity index (χ1n) is 10.9. The molecule has 0 unspecified atom stereocenters. The summed E-state index contributed by atoms with van der Waals surface area (Å²) in [6.07, 6.45) is 0.800. The van der Waals surface area contributed by atoms with Gasteiger partial charge in [0.05, 0.1) is 26.0 Å². The highest BCUT2D eigenvalue weighted by molar-refractivity contribution is 5.90. The van der Waals surface area contributed by atoms with Gasteiger partial charge in [0.15, 0.2) is 5.82 Å². The van der Waals surface area contributed by atoms with Crippen molar-refractivity contribution in [2.75, 3.05) is 56.7 Å². The van der Waals surface area contributed by atoms with Crippen LogP contribution in [0, 0.1) is 0 Å². The van der Waals surface area contributed by atoms with E-state index in [-0.39, 0.29) is 0 Å². The molecule has 4 rings (SSSR count). The number of aryl methyl sites for hydroxylation is 1. The maximum absolute atomic E-state index is 5.58. The van der Waals surface area contributed by atoms with E-state index in [0.29, 0.717) is 19.8 Å². The zero-order valence-corrected chi connectivity index (χ0v) is 18.5. The Morgan fingerprint density at radius 1 is 1.16 bits per heavy atom. The van der Waals surface area contributed by atoms with Crippen molar-refractivity contribution in [2.24, 2.45) is 0 Å². The summed E-state index contributed by atoms with van der Waals surface area (Å²) in [5, 5.41) is 11.7. The van der Waals surface area contributed by atoms with Crippen molar-refractivity contribution in [3.63, 3.8) is 0 Å². The fourth-order valence-electron chi connectivity index (χ4n) is 3.76. The number of fused-ring (bicyclic) bond motifs is 1. The molecule has 1 aliphatic heterocycles. The topological polar surface area (TPSA) is 89.4 Å². The second kappa shape index (κ2) is 9.93. The molecule has 1 saturated heterocycles. The summed E-state index contributed by atoms with van der Waals surface area (Å²) < 4.78 is 12.9. The summed E-state index contributed by atoms with van der Waals surface area (Å²) >= 11 is 0. The third kappa shape index (κ3) is 4.72. The normalized spacial score (nSPS) is 14.2. The summed E-state index contributed by atoms with van der Waals surface area (Å²) in [6, 6.07) is 7.84. The number of ether oxygens (including phenoxy) is 2. The van der Waals surface area contributed by atoms with Gasteiger partial charge in [0, 0.05) is 44.5 Å². The minimum Gasteiger partial charge on any atom is -0.497 e. The Morgan fingerprint density at radius 3 is 2.74 bits per heavy atom. The van der Waals surface area contributed by atoms with Crippen LogP contribution in [0.25, 0.3) is 11.0 Å². The first-order valence-corrected chi connectivity index (χ1v) is 10.9. The van der Waals surface area contributed by atoms with E-state index >= 15 is 0 Å². The van der Waals surface area contributed by atoms with Gasteiger partial charge in [-0.3, -0.25) is 4.68 Å². The summed E-state index contributed by atoms with van der Waals surface area (Å²) in [5.74, 6) is 2.27. The zero-order valence-electron chi connectivity index (χ0n) is 18.5. The number of aromatic nitrogens is 4. The fourth-order valence-corrected chi connectivity index (χ4v) is 3.76. The van der Waals surface area contributed by atoms with E-state index in [1.165, 1.54) is 0 Å². The molecule has 1 fully saturated rings. The monoisotopic (exact) mass is 425 g/mol. The lowest BCUT2D eigenvalue weighted by atomic mass is 10.2. The van der Waals surface area contributed by atoms with Crippen LogP contribution in [0.15, 0.2) is 24.3 Å². The molecule has 1 aliphatic rings. The van der Waals surface area contributed by atoms with Crippen LogP contribution in [0.3, 0.4) is 0 Å². The van der Waals surface area contributed by atoms with E-state index in [2.05, 4.69) is 22.5 Å². The molecule has 0 spiro atoms. The number of anilines is 3. The van der Waals surface area contributed by atoms with E-state index in [1.54, 1.807) is 7.11 Å². The molecule has 3 aromatic rings. The van der Waals surface area contributed by atoms with Gasteiger partial charge in [-0.1, -0.05) is 13.0 Å². The summed E-state index contributed by atoms with van der Waals surface area (Å²) in [4.78, 5) is 12.1. The molecule has 3 heterocycles. The van der Waals surface area contributed by atoms with Crippen LogP contribution < -0.4 is 20.3 Å². The van der Waals surface area contributed by atoms with Gasteiger partial charge in [-0.2, -0.15) is 10.1 Å². The second-order valence-electron chi connectivity index (χ2n) is 7.38. The Balaban J connectivity index is 1.80. The number of hydrogen-bond donors (Lipinski definition) is 2. The van der Waals surface area contributed by atoms with Gasteiger partial charge >= 0.3 is 0 Å². The Bertz CT molecular complexity index is 1010. The molecule has 0 aliphatic carbocycles. The number of methoxy groups -OCH3 is 1. The van der Waals surface area contributed by atoms with Crippen molar-refractivity contribution in [1.29, 1.82) is 0 Å². The van der Waals surface area contributed by atoms with Gasteiger partial charge in [-0.15, -0.1) is 0 Å². The highest BCUT2D eigenvalue weighted by Gasteiger charge is 2.21. The lowest BCUT2D eigenvalue weighted by molar-refractivity contribution is 0.137. The molecule has 9 nitrogen and oxygen atoms in total. The third-order valence-electron chi connectivity index (χ3n) is 5.36. The number of rotatable bonds is 9. The van der Waals surface area contributed by atoms with Crippen molar-refractivity contribution in [3.8, 4) is 5.75 Å². The molecular formula is C22H31N7O2. The molecule has 0 radical (unpaired) electrons. The molecule has 31 heavy (non-hydrogen) atoms. The smallest absolute Gasteiger partial charge is 0.228 e. The SMILES string of the molecule is CCOCCn1nc(CC)c2nc(N3CCNCC3)nc(Nc3cccc(OC)c3)c21. The molecule has 166 valence electrons. The molecule has 0 atom stereocenters. The number of piperazine rings is 1. The van der Waals surface area contributed by atoms with Gasteiger partial charge in [0.1, 0.15) is 16.8 Å². The second-order valence-corrected chi connectivity index (χ2v) is 7.38. The van der Waals surface area contributed by atoms with E-state index in [1.807, 2.05) is 35.9 Å². The zero-order chi connectivity index (χ0) is 21.6. The molecule has 2 N–H and O–H groups in total. The Morgan fingerprint density at radius 2 is 2.00 bits per heavy atom. The Hall–Kier alpha value is -2.91. The first-order chi connectivity index (χ1) is 15.2. The molecule has 9 heteroatoms. The fraction of sp³-hybridized carbons (Fsp3) is 0.500. The largest absolute Gasteiger partial charge is 0.497 e. The predicted molar refractivity (Wildman–Crippen MR) is 123 cm³/mol. The van der Waals surface area contributed by atoms with Gasteiger partial charge in [0.2, 0.25) is 5.95 Å². The minimum atomic E-state index is 0.592. The van der Waals surface area contributed by atoms with E-state index in [9.17, 15) is 0 Å². The van der Waals surface area contributed by atoms with E-state index in [0.717, 1.165) is 72.5 Å². The highest BCUT2D eigenvalue weighted by atomic mass is 16.5. The van der Waals surface area contributed by atoms with Crippen LogP contribution >= 0.6 is 0 Å². The quantitative estimate of drug-likeness (QED) is 0.506. The third-order valence-corrected chi connectivity index (χ3v) is 5.36. The summed E-state index contributed by atoms with van der Waals surface area (Å²) in [6.45, 7) is 9.63. The van der Waals surface area contributed by atoms with Crippen LogP contribution in [-0.2, 0) is 17.7 Å². The maximum atomic E-state index is 5.58. The van der Waals surface area contributed by atoms with Crippen LogP contribution in [0.2, 0.25) is 0 Å². The molecular weight excluding hydrogens is 394 g/mol. The molecule has 2 aromatic heterocycles. The van der Waals surface area contributed by atoms with Gasteiger partial charge in [-0.25, -0.2) is 4.98 Å². The van der Waals surface area contributed by atoms with Crippen molar-refractivity contribution >= 4 is 28.5 Å². The lowest BCUT2D eigenvalue weighted by Crippen LogP contribution is -2.44. The Labute approximate surface area is 182 Å². The molecule has 0 saturated carbocycles. The number of nitrogens with one attached hydrogen (secondary N) is 2. The summed E-state index contributed by atoms with van der Waals surface area (Å²) in [7, 11) is 1.67. The van der Waals surface area contributed by atoms with Crippen LogP contribution in [0.5, 0.6) is 5.75 Å². The average Bonchev–Trinajstić information content (AvgIpc) is 3.18. The van der Waals surface area contributed by atoms with Crippen molar-refractivity contribution in [2.45, 2.75) is 26.8 Å². The van der Waals surface area contributed by atoms with E-state index < -0.39 is 0 Å². The van der Waals surface area contributed by atoms with E-state index in [4.69, 9.17) is 24.5 Å². The first kappa shape index (κ1) is 21.3. The van der Waals surface area contributed by atoms with Crippen LogP contribution in [0.1, 0.15) is 19.5 Å². The molecule has 1 aromatic carbocycles. The predicted octanol–water partition coefficient (Wildman–Crippen LogP) is 2.59. The van der Waals surface area contributed by atoms with Crippen LogP contribution in [0.4, 0.5) is 17.5 Å². The van der Waals surface area contributed by atoms with Crippen molar-refractivity contribution in [3.05, 3.63) is 30.0 Å². The number of nitrogens with zero attached hydrogens (tertiary/aromatic N) is 5. The lowest BCUT2D eigenvalue weighted by Gasteiger charge is -2.27. The average molecular weight is 426 g/mol. The standard InChI is InChI=1S/C22H31N7O2/c1-4-18-19-20(29(27-18)13-14-31-5-2)21(24-16-7-6-8-17(15-16)30-3)26-22(25-19)28-11-9-23-10-12-28/h6-8,15,23H,4-5,9-14H2,1-3H3,(H,24,25,26). The maximum Gasteiger partial charge on any atom is 0.228 e. The summed E-state index contributed by atoms with van der Waals surface area (Å²) in [5.41, 5.74) is 3.67. The van der Waals surface area contributed by atoms with Gasteiger partial charge in [-0.05, 0) is 25.5 Å². The van der Waals surface area contributed by atoms with Gasteiger partial charge < -0.3 is 25.0 Å². The van der Waals surface area contributed by atoms with Gasteiger partial charge in [0.25, 0.3) is 0 Å². The minimum absolute atomic E-state index is 0.592. The number of hydrogen-bond acceptors (Lipinski definition) is 8. The Kier molecular flexibility index (Phi) is 6.83. The highest BCUT2D eigenvalue weighted by Crippen LogP contribution is 2.30. The number of benzene rings is 1. The van der Waals surface area contributed by atoms with Crippen molar-refractivity contribution in [1.82, 2.24) is 25.1 Å². The van der Waals surface area contributed by atoms with Crippen molar-refractivity contribution < 1.29 is 9.47 Å². The molecule has 0 amide bonds. The molecule has 0 bridgehead atoms.